The Morgan fingerprint density at radius 1 is 1.00 bits per heavy atom. The Morgan fingerprint density at radius 3 is 2.54 bits per heavy atom. The highest BCUT2D eigenvalue weighted by Gasteiger charge is 2.18. The summed E-state index contributed by atoms with van der Waals surface area (Å²) < 4.78 is 27.4. The van der Waals surface area contributed by atoms with Crippen LogP contribution in [0.25, 0.3) is 33.5 Å². The molecule has 0 aliphatic heterocycles. The third kappa shape index (κ3) is 5.12. The molecule has 0 spiro atoms. The van der Waals surface area contributed by atoms with Crippen molar-refractivity contribution < 1.29 is 13.9 Å². The largest absolute Gasteiger partial charge is 0.497 e. The molecule has 5 aromatic rings. The van der Waals surface area contributed by atoms with Gasteiger partial charge in [-0.05, 0) is 67.1 Å². The van der Waals surface area contributed by atoms with Crippen molar-refractivity contribution in [2.75, 3.05) is 13.7 Å². The quantitative estimate of drug-likeness (QED) is 0.196. The molecule has 0 N–H and O–H groups in total. The normalized spacial score (nSPS) is 11.2. The zero-order valence-corrected chi connectivity index (χ0v) is 22.1. The van der Waals surface area contributed by atoms with Crippen LogP contribution in [0.4, 0.5) is 4.39 Å². The second-order valence-electron chi connectivity index (χ2n) is 8.26. The standard InChI is InChI=1S/C28H24ClFN4O2S/c1-4-36-20-12-13-24-21(14-20)22(15-25(31-24)17-8-10-19(35-3)11-9-17)27-32-33-28(34(27)2)37-16-18-6-5-7-23(29)26(18)30/h5-15H,4,16H2,1-3H3. The van der Waals surface area contributed by atoms with Gasteiger partial charge in [0.05, 0.1) is 29.9 Å². The van der Waals surface area contributed by atoms with Crippen molar-refractivity contribution in [3.63, 3.8) is 0 Å². The first-order valence-electron chi connectivity index (χ1n) is 11.7. The molecule has 3 aromatic carbocycles. The lowest BCUT2D eigenvalue weighted by atomic mass is 10.0. The van der Waals surface area contributed by atoms with E-state index < -0.39 is 5.82 Å². The molecule has 0 aliphatic carbocycles. The minimum absolute atomic E-state index is 0.108. The van der Waals surface area contributed by atoms with Gasteiger partial charge in [0.2, 0.25) is 0 Å². The Morgan fingerprint density at radius 2 is 1.78 bits per heavy atom. The van der Waals surface area contributed by atoms with Crippen molar-refractivity contribution in [1.82, 2.24) is 19.7 Å². The van der Waals surface area contributed by atoms with E-state index in [-0.39, 0.29) is 5.02 Å². The Hall–Kier alpha value is -3.62. The van der Waals surface area contributed by atoms with E-state index in [4.69, 9.17) is 26.1 Å². The van der Waals surface area contributed by atoms with Crippen molar-refractivity contribution in [3.05, 3.63) is 83.1 Å². The molecule has 0 radical (unpaired) electrons. The summed E-state index contributed by atoms with van der Waals surface area (Å²) in [5.41, 5.74) is 3.94. The summed E-state index contributed by atoms with van der Waals surface area (Å²) in [5, 5.41) is 10.6. The van der Waals surface area contributed by atoms with Gasteiger partial charge in [-0.3, -0.25) is 0 Å². The van der Waals surface area contributed by atoms with Crippen LogP contribution in [0.15, 0.2) is 71.9 Å². The van der Waals surface area contributed by atoms with Gasteiger partial charge in [-0.25, -0.2) is 9.37 Å². The Bertz CT molecular complexity index is 1570. The van der Waals surface area contributed by atoms with Crippen LogP contribution in [-0.4, -0.2) is 33.5 Å². The van der Waals surface area contributed by atoms with E-state index in [1.165, 1.54) is 17.8 Å². The van der Waals surface area contributed by atoms with Crippen LogP contribution in [0.5, 0.6) is 11.5 Å². The number of fused-ring (bicyclic) bond motifs is 1. The van der Waals surface area contributed by atoms with Gasteiger partial charge < -0.3 is 14.0 Å². The molecule has 0 saturated carbocycles. The molecule has 0 aliphatic rings. The molecule has 2 heterocycles. The SMILES string of the molecule is CCOc1ccc2nc(-c3ccc(OC)cc3)cc(-c3nnc(SCc4cccc(Cl)c4F)n3C)c2c1. The van der Waals surface area contributed by atoms with E-state index in [1.807, 2.05) is 67.1 Å². The highest BCUT2D eigenvalue weighted by atomic mass is 35.5. The topological polar surface area (TPSA) is 62.1 Å². The van der Waals surface area contributed by atoms with Crippen molar-refractivity contribution in [2.24, 2.45) is 7.05 Å². The van der Waals surface area contributed by atoms with E-state index in [0.717, 1.165) is 39.2 Å². The number of nitrogens with zero attached hydrogens (tertiary/aromatic N) is 4. The molecular formula is C28H24ClFN4O2S. The lowest BCUT2D eigenvalue weighted by molar-refractivity contribution is 0.340. The first kappa shape index (κ1) is 25.0. The fourth-order valence-corrected chi connectivity index (χ4v) is 5.11. The van der Waals surface area contributed by atoms with Gasteiger partial charge in [0.1, 0.15) is 17.3 Å². The zero-order chi connectivity index (χ0) is 25.9. The number of benzene rings is 3. The molecule has 0 bridgehead atoms. The fourth-order valence-electron chi connectivity index (χ4n) is 4.03. The molecular weight excluding hydrogens is 511 g/mol. The molecule has 2 aromatic heterocycles. The fraction of sp³-hybridized carbons (Fsp3) is 0.179. The molecule has 0 fully saturated rings. The van der Waals surface area contributed by atoms with Gasteiger partial charge in [-0.1, -0.05) is 35.5 Å². The van der Waals surface area contributed by atoms with Crippen molar-refractivity contribution >= 4 is 34.3 Å². The number of aromatic nitrogens is 4. The van der Waals surface area contributed by atoms with E-state index >= 15 is 0 Å². The highest BCUT2D eigenvalue weighted by molar-refractivity contribution is 7.98. The summed E-state index contributed by atoms with van der Waals surface area (Å²) >= 11 is 7.34. The highest BCUT2D eigenvalue weighted by Crippen LogP contribution is 2.35. The van der Waals surface area contributed by atoms with Gasteiger partial charge in [0, 0.05) is 29.3 Å². The average Bonchev–Trinajstić information content (AvgIpc) is 3.29. The van der Waals surface area contributed by atoms with E-state index in [1.54, 1.807) is 19.2 Å². The van der Waals surface area contributed by atoms with E-state index in [0.29, 0.717) is 28.9 Å². The van der Waals surface area contributed by atoms with Crippen LogP contribution in [0.1, 0.15) is 12.5 Å². The van der Waals surface area contributed by atoms with E-state index in [2.05, 4.69) is 10.2 Å². The van der Waals surface area contributed by atoms with Crippen LogP contribution < -0.4 is 9.47 Å². The van der Waals surface area contributed by atoms with Crippen LogP contribution in [0.2, 0.25) is 5.02 Å². The van der Waals surface area contributed by atoms with Gasteiger partial charge in [-0.15, -0.1) is 10.2 Å². The minimum atomic E-state index is -0.410. The number of hydrogen-bond donors (Lipinski definition) is 0. The maximum atomic E-state index is 14.4. The van der Waals surface area contributed by atoms with Crippen LogP contribution in [0, 0.1) is 5.82 Å². The van der Waals surface area contributed by atoms with Crippen LogP contribution >= 0.6 is 23.4 Å². The number of rotatable bonds is 8. The summed E-state index contributed by atoms with van der Waals surface area (Å²) in [6.07, 6.45) is 0. The molecule has 37 heavy (non-hydrogen) atoms. The first-order chi connectivity index (χ1) is 18.0. The Kier molecular flexibility index (Phi) is 7.30. The van der Waals surface area contributed by atoms with Crippen LogP contribution in [0.3, 0.4) is 0 Å². The molecule has 9 heteroatoms. The maximum Gasteiger partial charge on any atom is 0.191 e. The van der Waals surface area contributed by atoms with E-state index in [9.17, 15) is 4.39 Å². The second kappa shape index (κ2) is 10.8. The lowest BCUT2D eigenvalue weighted by Gasteiger charge is -2.12. The van der Waals surface area contributed by atoms with Gasteiger partial charge >= 0.3 is 0 Å². The summed E-state index contributed by atoms with van der Waals surface area (Å²) in [7, 11) is 3.54. The zero-order valence-electron chi connectivity index (χ0n) is 20.5. The number of methoxy groups -OCH3 is 1. The van der Waals surface area contributed by atoms with Gasteiger partial charge in [0.25, 0.3) is 0 Å². The molecule has 0 atom stereocenters. The summed E-state index contributed by atoms with van der Waals surface area (Å²) in [5.74, 6) is 2.17. The first-order valence-corrected chi connectivity index (χ1v) is 13.0. The minimum Gasteiger partial charge on any atom is -0.497 e. The number of thioether (sulfide) groups is 1. The third-order valence-corrected chi connectivity index (χ3v) is 7.30. The van der Waals surface area contributed by atoms with Gasteiger partial charge in [0.15, 0.2) is 11.0 Å². The number of pyridine rings is 1. The summed E-state index contributed by atoms with van der Waals surface area (Å²) in [4.78, 5) is 4.91. The monoisotopic (exact) mass is 534 g/mol. The third-order valence-electron chi connectivity index (χ3n) is 5.94. The van der Waals surface area contributed by atoms with Gasteiger partial charge in [-0.2, -0.15) is 0 Å². The maximum absolute atomic E-state index is 14.4. The Labute approximate surface area is 223 Å². The van der Waals surface area contributed by atoms with Crippen molar-refractivity contribution in [2.45, 2.75) is 17.8 Å². The summed E-state index contributed by atoms with van der Waals surface area (Å²) in [6.45, 7) is 2.51. The van der Waals surface area contributed by atoms with Crippen molar-refractivity contribution in [3.8, 4) is 34.1 Å². The molecule has 6 nitrogen and oxygen atoms in total. The molecule has 0 amide bonds. The molecule has 0 unspecified atom stereocenters. The predicted octanol–water partition coefficient (Wildman–Crippen LogP) is 7.19. The number of halogens is 2. The molecule has 0 saturated heterocycles. The number of ether oxygens (including phenoxy) is 2. The smallest absolute Gasteiger partial charge is 0.191 e. The molecule has 188 valence electrons. The van der Waals surface area contributed by atoms with Crippen molar-refractivity contribution in [1.29, 1.82) is 0 Å². The second-order valence-corrected chi connectivity index (χ2v) is 9.61. The predicted molar refractivity (Wildman–Crippen MR) is 146 cm³/mol. The Balaban J connectivity index is 1.57. The summed E-state index contributed by atoms with van der Waals surface area (Å²) in [6, 6.07) is 20.6. The lowest BCUT2D eigenvalue weighted by Crippen LogP contribution is -1.99. The molecule has 5 rings (SSSR count). The van der Waals surface area contributed by atoms with Crippen LogP contribution in [-0.2, 0) is 12.8 Å². The number of hydrogen-bond acceptors (Lipinski definition) is 6. The average molecular weight is 535 g/mol.